The second-order valence-electron chi connectivity index (χ2n) is 5.15. The fourth-order valence-electron chi connectivity index (χ4n) is 2.86. The molecular weight excluding hydrogens is 208 g/mol. The molecule has 17 heavy (non-hydrogen) atoms. The van der Waals surface area contributed by atoms with Crippen molar-refractivity contribution in [1.82, 2.24) is 0 Å². The summed E-state index contributed by atoms with van der Waals surface area (Å²) in [6.07, 6.45) is 8.78. The SMILES string of the molecule is CCC(C=O)c1ccc(C2CCCCC2)cc1. The second kappa shape index (κ2) is 6.00. The first-order valence-electron chi connectivity index (χ1n) is 6.90. The summed E-state index contributed by atoms with van der Waals surface area (Å²) < 4.78 is 0. The van der Waals surface area contributed by atoms with Gasteiger partial charge in [-0.15, -0.1) is 0 Å². The highest BCUT2D eigenvalue weighted by Crippen LogP contribution is 2.33. The largest absolute Gasteiger partial charge is 0.303 e. The van der Waals surface area contributed by atoms with Gasteiger partial charge in [0, 0.05) is 5.92 Å². The molecule has 1 aromatic carbocycles. The van der Waals surface area contributed by atoms with E-state index in [1.54, 1.807) is 0 Å². The maximum atomic E-state index is 10.9. The molecular formula is C16H22O. The molecule has 1 nitrogen and oxygen atoms in total. The number of hydrogen-bond acceptors (Lipinski definition) is 1. The number of carbonyl (C=O) groups is 1. The van der Waals surface area contributed by atoms with Crippen molar-refractivity contribution in [3.8, 4) is 0 Å². The quantitative estimate of drug-likeness (QED) is 0.699. The highest BCUT2D eigenvalue weighted by Gasteiger charge is 2.15. The number of aldehydes is 1. The van der Waals surface area contributed by atoms with Gasteiger partial charge in [0.1, 0.15) is 6.29 Å². The van der Waals surface area contributed by atoms with Crippen LogP contribution in [0.4, 0.5) is 0 Å². The summed E-state index contributed by atoms with van der Waals surface area (Å²) in [6.45, 7) is 2.06. The van der Waals surface area contributed by atoms with Crippen molar-refractivity contribution in [3.05, 3.63) is 35.4 Å². The second-order valence-corrected chi connectivity index (χ2v) is 5.15. The molecule has 1 aromatic rings. The monoisotopic (exact) mass is 230 g/mol. The van der Waals surface area contributed by atoms with E-state index in [0.29, 0.717) is 0 Å². The lowest BCUT2D eigenvalue weighted by Gasteiger charge is -2.22. The molecule has 0 N–H and O–H groups in total. The van der Waals surface area contributed by atoms with Crippen LogP contribution in [0.3, 0.4) is 0 Å². The number of benzene rings is 1. The molecule has 0 bridgehead atoms. The Labute approximate surface area is 104 Å². The van der Waals surface area contributed by atoms with Crippen LogP contribution in [-0.2, 0) is 4.79 Å². The molecule has 0 amide bonds. The Morgan fingerprint density at radius 2 is 1.82 bits per heavy atom. The van der Waals surface area contributed by atoms with Crippen molar-refractivity contribution in [3.63, 3.8) is 0 Å². The van der Waals surface area contributed by atoms with Crippen LogP contribution in [0.15, 0.2) is 24.3 Å². The van der Waals surface area contributed by atoms with Gasteiger partial charge in [-0.05, 0) is 36.3 Å². The van der Waals surface area contributed by atoms with Crippen LogP contribution >= 0.6 is 0 Å². The van der Waals surface area contributed by atoms with Crippen molar-refractivity contribution < 1.29 is 4.79 Å². The van der Waals surface area contributed by atoms with Crippen LogP contribution in [0.5, 0.6) is 0 Å². The zero-order valence-corrected chi connectivity index (χ0v) is 10.7. The fraction of sp³-hybridized carbons (Fsp3) is 0.562. The molecule has 0 spiro atoms. The first kappa shape index (κ1) is 12.3. The van der Waals surface area contributed by atoms with Gasteiger partial charge >= 0.3 is 0 Å². The third kappa shape index (κ3) is 2.96. The van der Waals surface area contributed by atoms with Crippen LogP contribution in [0.1, 0.15) is 68.4 Å². The lowest BCUT2D eigenvalue weighted by molar-refractivity contribution is -0.109. The molecule has 1 heteroatoms. The first-order valence-corrected chi connectivity index (χ1v) is 6.90. The smallest absolute Gasteiger partial charge is 0.127 e. The minimum Gasteiger partial charge on any atom is -0.303 e. The Bertz CT molecular complexity index is 346. The Balaban J connectivity index is 2.08. The fourth-order valence-corrected chi connectivity index (χ4v) is 2.86. The molecule has 1 atom stereocenters. The number of carbonyl (C=O) groups excluding carboxylic acids is 1. The number of rotatable bonds is 4. The molecule has 0 radical (unpaired) electrons. The molecule has 0 aliphatic heterocycles. The zero-order chi connectivity index (χ0) is 12.1. The van der Waals surface area contributed by atoms with Gasteiger partial charge in [0.25, 0.3) is 0 Å². The minimum absolute atomic E-state index is 0.0791. The standard InChI is InChI=1S/C16H22O/c1-2-13(12-17)15-8-10-16(11-9-15)14-6-4-3-5-7-14/h8-14H,2-7H2,1H3. The van der Waals surface area contributed by atoms with Crippen LogP contribution in [0, 0.1) is 0 Å². The zero-order valence-electron chi connectivity index (χ0n) is 10.7. The van der Waals surface area contributed by atoms with Crippen molar-refractivity contribution in [2.45, 2.75) is 57.3 Å². The van der Waals surface area contributed by atoms with E-state index in [4.69, 9.17) is 0 Å². The molecule has 1 unspecified atom stereocenters. The summed E-state index contributed by atoms with van der Waals surface area (Å²) in [5, 5.41) is 0. The van der Waals surface area contributed by atoms with E-state index < -0.39 is 0 Å². The van der Waals surface area contributed by atoms with E-state index in [1.807, 2.05) is 0 Å². The predicted molar refractivity (Wildman–Crippen MR) is 71.4 cm³/mol. The summed E-state index contributed by atoms with van der Waals surface area (Å²) in [6, 6.07) is 8.76. The summed E-state index contributed by atoms with van der Waals surface area (Å²) in [5.74, 6) is 0.838. The van der Waals surface area contributed by atoms with E-state index in [2.05, 4.69) is 31.2 Å². The Kier molecular flexibility index (Phi) is 4.36. The molecule has 1 saturated carbocycles. The van der Waals surface area contributed by atoms with E-state index in [-0.39, 0.29) is 5.92 Å². The molecule has 0 aromatic heterocycles. The number of hydrogen-bond donors (Lipinski definition) is 0. The third-order valence-electron chi connectivity index (χ3n) is 4.05. The van der Waals surface area contributed by atoms with Crippen molar-refractivity contribution >= 4 is 6.29 Å². The summed E-state index contributed by atoms with van der Waals surface area (Å²) in [4.78, 5) is 10.9. The van der Waals surface area contributed by atoms with E-state index in [9.17, 15) is 4.79 Å². The lowest BCUT2D eigenvalue weighted by atomic mass is 9.83. The van der Waals surface area contributed by atoms with Gasteiger partial charge in [-0.2, -0.15) is 0 Å². The van der Waals surface area contributed by atoms with Crippen molar-refractivity contribution in [2.75, 3.05) is 0 Å². The average Bonchev–Trinajstić information content (AvgIpc) is 2.42. The van der Waals surface area contributed by atoms with Gasteiger partial charge in [-0.3, -0.25) is 0 Å². The molecule has 1 aliphatic carbocycles. The topological polar surface area (TPSA) is 17.1 Å². The average molecular weight is 230 g/mol. The van der Waals surface area contributed by atoms with Crippen LogP contribution in [0.25, 0.3) is 0 Å². The van der Waals surface area contributed by atoms with Gasteiger partial charge in [0.05, 0.1) is 0 Å². The van der Waals surface area contributed by atoms with E-state index in [1.165, 1.54) is 43.2 Å². The summed E-state index contributed by atoms with van der Waals surface area (Å²) >= 11 is 0. The molecule has 1 aliphatic rings. The molecule has 2 rings (SSSR count). The van der Waals surface area contributed by atoms with E-state index in [0.717, 1.165) is 18.6 Å². The highest BCUT2D eigenvalue weighted by molar-refractivity contribution is 5.62. The van der Waals surface area contributed by atoms with Gasteiger partial charge in [0.15, 0.2) is 0 Å². The maximum absolute atomic E-state index is 10.9. The first-order chi connectivity index (χ1) is 8.35. The Hall–Kier alpha value is -1.11. The van der Waals surface area contributed by atoms with Gasteiger partial charge in [-0.1, -0.05) is 50.5 Å². The highest BCUT2D eigenvalue weighted by atomic mass is 16.1. The van der Waals surface area contributed by atoms with Gasteiger partial charge in [-0.25, -0.2) is 0 Å². The van der Waals surface area contributed by atoms with E-state index >= 15 is 0 Å². The normalized spacial score (nSPS) is 18.9. The Morgan fingerprint density at radius 1 is 1.18 bits per heavy atom. The van der Waals surface area contributed by atoms with Crippen LogP contribution < -0.4 is 0 Å². The molecule has 1 fully saturated rings. The maximum Gasteiger partial charge on any atom is 0.127 e. The minimum atomic E-state index is 0.0791. The van der Waals surface area contributed by atoms with Crippen molar-refractivity contribution in [2.24, 2.45) is 0 Å². The summed E-state index contributed by atoms with van der Waals surface area (Å²) in [5.41, 5.74) is 2.64. The predicted octanol–water partition coefficient (Wildman–Crippen LogP) is 4.43. The van der Waals surface area contributed by atoms with Crippen LogP contribution in [-0.4, -0.2) is 6.29 Å². The Morgan fingerprint density at radius 3 is 2.35 bits per heavy atom. The third-order valence-corrected chi connectivity index (χ3v) is 4.05. The van der Waals surface area contributed by atoms with Crippen molar-refractivity contribution in [1.29, 1.82) is 0 Å². The molecule has 0 heterocycles. The lowest BCUT2D eigenvalue weighted by Crippen LogP contribution is -2.05. The van der Waals surface area contributed by atoms with Gasteiger partial charge < -0.3 is 4.79 Å². The summed E-state index contributed by atoms with van der Waals surface area (Å²) in [7, 11) is 0. The van der Waals surface area contributed by atoms with Crippen LogP contribution in [0.2, 0.25) is 0 Å². The molecule has 0 saturated heterocycles. The van der Waals surface area contributed by atoms with Gasteiger partial charge in [0.2, 0.25) is 0 Å². The molecule has 92 valence electrons.